The summed E-state index contributed by atoms with van der Waals surface area (Å²) < 4.78 is 30.2. The lowest BCUT2D eigenvalue weighted by Crippen LogP contribution is -2.47. The van der Waals surface area contributed by atoms with E-state index in [1.54, 1.807) is 0 Å². The van der Waals surface area contributed by atoms with Crippen LogP contribution >= 0.6 is 7.82 Å². The van der Waals surface area contributed by atoms with Crippen molar-refractivity contribution in [2.45, 2.75) is 264 Å². The van der Waals surface area contributed by atoms with Crippen LogP contribution in [0.3, 0.4) is 0 Å². The number of hydrogen-bond donors (Lipinski definition) is 1. The van der Waals surface area contributed by atoms with Gasteiger partial charge in [-0.25, -0.2) is 0 Å². The van der Waals surface area contributed by atoms with E-state index in [1.165, 1.54) is 103 Å². The van der Waals surface area contributed by atoms with Gasteiger partial charge in [0.2, 0.25) is 5.91 Å². The molecule has 0 aromatic carbocycles. The molecule has 0 radical (unpaired) electrons. The maximum atomic E-state index is 13.5. The predicted molar refractivity (Wildman–Crippen MR) is 311 cm³/mol. The van der Waals surface area contributed by atoms with Gasteiger partial charge in [0.25, 0.3) is 7.82 Å². The molecule has 0 aromatic heterocycles. The van der Waals surface area contributed by atoms with Crippen LogP contribution in [0.4, 0.5) is 0 Å². The molecule has 3 unspecified atom stereocenters. The molecule has 422 valence electrons. The number of nitrogens with zero attached hydrogens (tertiary/aromatic N) is 1. The monoisotopic (exact) mass is 1040 g/mol. The maximum Gasteiger partial charge on any atom is 0.306 e. The number of hydrogen-bond acceptors (Lipinski definition) is 7. The zero-order valence-corrected chi connectivity index (χ0v) is 49.0. The largest absolute Gasteiger partial charge is 0.756 e. The van der Waals surface area contributed by atoms with Crippen LogP contribution in [0.2, 0.25) is 0 Å². The van der Waals surface area contributed by atoms with Crippen molar-refractivity contribution in [1.82, 2.24) is 5.32 Å². The van der Waals surface area contributed by atoms with Crippen molar-refractivity contribution in [2.75, 3.05) is 40.9 Å². The van der Waals surface area contributed by atoms with Crippen molar-refractivity contribution < 1.29 is 37.3 Å². The van der Waals surface area contributed by atoms with Gasteiger partial charge >= 0.3 is 5.97 Å². The van der Waals surface area contributed by atoms with Crippen LogP contribution in [0.5, 0.6) is 0 Å². The molecule has 0 rings (SSSR count). The molecule has 0 aromatic rings. The third-order valence-corrected chi connectivity index (χ3v) is 13.8. The van der Waals surface area contributed by atoms with Gasteiger partial charge in [-0.05, 0) is 102 Å². The molecule has 0 bridgehead atoms. The number of carbonyl (C=O) groups is 2. The highest BCUT2D eigenvalue weighted by Gasteiger charge is 2.27. The minimum absolute atomic E-state index is 0.0326. The van der Waals surface area contributed by atoms with Crippen LogP contribution in [-0.2, 0) is 27.9 Å². The average molecular weight is 1040 g/mol. The summed E-state index contributed by atoms with van der Waals surface area (Å²) in [5.41, 5.74) is 0. The molecule has 0 heterocycles. The molecule has 1 N–H and O–H groups in total. The summed E-state index contributed by atoms with van der Waals surface area (Å²) in [6.07, 6.45) is 68.3. The SMILES string of the molecule is CC/C=C\C/C=C\C/C=C\C/C=C\C/C=C\CCCCCC(=O)OC(/C=C/CCCCCCCCCCCC)C(COP(=O)([O-])OCC[N+](C)(C)C)NC(=O)CCCCCCC/C=C/CCCCCCCCC. The van der Waals surface area contributed by atoms with Crippen LogP contribution < -0.4 is 10.2 Å². The van der Waals surface area contributed by atoms with E-state index in [1.807, 2.05) is 33.3 Å². The van der Waals surface area contributed by atoms with Crippen molar-refractivity contribution in [3.05, 3.63) is 85.1 Å². The molecule has 0 saturated carbocycles. The Labute approximate surface area is 450 Å². The highest BCUT2D eigenvalue weighted by molar-refractivity contribution is 7.45. The number of phosphoric acid groups is 1. The van der Waals surface area contributed by atoms with Crippen LogP contribution in [0.25, 0.3) is 0 Å². The smallest absolute Gasteiger partial charge is 0.306 e. The lowest BCUT2D eigenvalue weighted by molar-refractivity contribution is -0.870. The summed E-state index contributed by atoms with van der Waals surface area (Å²) in [7, 11) is 1.15. The number of nitrogens with one attached hydrogen (secondary N) is 1. The Morgan fingerprint density at radius 2 is 0.877 bits per heavy atom. The quantitative estimate of drug-likeness (QED) is 0.0212. The van der Waals surface area contributed by atoms with Gasteiger partial charge in [-0.1, -0.05) is 222 Å². The standard InChI is InChI=1S/C63H113N2O7P/c1-7-10-13-16-19-22-25-28-30-32-33-34-36-38-41-44-47-50-53-56-63(67)72-61(54-51-48-45-42-39-27-24-21-18-15-12-9-3)60(59-71-73(68,69)70-58-57-65(4,5)6)64-62(66)55-52-49-46-43-40-37-35-31-29-26-23-20-17-14-11-8-2/h10,13,19,22,28,30-31,33-35,38,41,51,54,60-61H,7-9,11-12,14-18,20-21,23-27,29,32,36-37,39-40,42-50,52-53,55-59H2,1-6H3,(H-,64,66,68,69)/b13-10-,22-19-,30-28-,34-33-,35-31+,41-38-,54-51+. The van der Waals surface area contributed by atoms with E-state index < -0.39 is 26.6 Å². The van der Waals surface area contributed by atoms with Gasteiger partial charge in [-0.15, -0.1) is 0 Å². The third-order valence-electron chi connectivity index (χ3n) is 12.8. The van der Waals surface area contributed by atoms with E-state index in [9.17, 15) is 19.0 Å². The summed E-state index contributed by atoms with van der Waals surface area (Å²) >= 11 is 0. The molecule has 73 heavy (non-hydrogen) atoms. The van der Waals surface area contributed by atoms with Crippen molar-refractivity contribution in [3.8, 4) is 0 Å². The average Bonchev–Trinajstić information content (AvgIpc) is 3.35. The second-order valence-electron chi connectivity index (χ2n) is 21.1. The molecule has 0 aliphatic rings. The zero-order chi connectivity index (χ0) is 53.6. The van der Waals surface area contributed by atoms with E-state index >= 15 is 0 Å². The van der Waals surface area contributed by atoms with E-state index in [-0.39, 0.29) is 24.9 Å². The number of allylic oxidation sites excluding steroid dienone is 13. The van der Waals surface area contributed by atoms with Gasteiger partial charge in [0, 0.05) is 12.8 Å². The number of quaternary nitrogens is 1. The van der Waals surface area contributed by atoms with Gasteiger partial charge in [0.1, 0.15) is 19.3 Å². The van der Waals surface area contributed by atoms with E-state index in [0.29, 0.717) is 23.9 Å². The molecular formula is C63H113N2O7P. The van der Waals surface area contributed by atoms with Crippen LogP contribution in [0.1, 0.15) is 252 Å². The maximum absolute atomic E-state index is 13.5. The number of amides is 1. The summed E-state index contributed by atoms with van der Waals surface area (Å²) in [4.78, 5) is 39.9. The first-order valence-electron chi connectivity index (χ1n) is 29.9. The number of unbranched alkanes of at least 4 members (excludes halogenated alkanes) is 25. The molecule has 0 saturated heterocycles. The molecular weight excluding hydrogens is 928 g/mol. The third kappa shape index (κ3) is 53.8. The predicted octanol–water partition coefficient (Wildman–Crippen LogP) is 17.6. The molecule has 10 heteroatoms. The molecule has 0 spiro atoms. The minimum atomic E-state index is -4.71. The molecule has 3 atom stereocenters. The molecule has 9 nitrogen and oxygen atoms in total. The molecule has 0 aliphatic heterocycles. The Morgan fingerprint density at radius 3 is 1.34 bits per heavy atom. The van der Waals surface area contributed by atoms with Crippen molar-refractivity contribution >= 4 is 19.7 Å². The number of phosphoric ester groups is 1. The van der Waals surface area contributed by atoms with Crippen LogP contribution in [-0.4, -0.2) is 69.4 Å². The number of carbonyl (C=O) groups excluding carboxylic acids is 2. The minimum Gasteiger partial charge on any atom is -0.756 e. The topological polar surface area (TPSA) is 114 Å². The van der Waals surface area contributed by atoms with Gasteiger partial charge in [0.05, 0.1) is 33.8 Å². The molecule has 0 fully saturated rings. The first-order valence-corrected chi connectivity index (χ1v) is 31.4. The van der Waals surface area contributed by atoms with E-state index in [2.05, 4.69) is 99.0 Å². The van der Waals surface area contributed by atoms with Gasteiger partial charge in [0.15, 0.2) is 0 Å². The lowest BCUT2D eigenvalue weighted by atomic mass is 10.0. The Bertz CT molecular complexity index is 1530. The first kappa shape index (κ1) is 70.2. The Hall–Kier alpha value is -2.81. The van der Waals surface area contributed by atoms with E-state index in [0.717, 1.165) is 109 Å². The zero-order valence-electron chi connectivity index (χ0n) is 48.1. The van der Waals surface area contributed by atoms with Gasteiger partial charge < -0.3 is 28.5 Å². The summed E-state index contributed by atoms with van der Waals surface area (Å²) in [6.45, 7) is 6.69. The summed E-state index contributed by atoms with van der Waals surface area (Å²) in [5.74, 6) is -0.590. The fourth-order valence-corrected chi connectivity index (χ4v) is 8.91. The van der Waals surface area contributed by atoms with E-state index in [4.69, 9.17) is 13.8 Å². The molecule has 0 aliphatic carbocycles. The second kappa shape index (κ2) is 52.6. The van der Waals surface area contributed by atoms with Crippen LogP contribution in [0, 0.1) is 0 Å². The highest BCUT2D eigenvalue weighted by atomic mass is 31.2. The number of ether oxygens (including phenoxy) is 1. The Balaban J connectivity index is 5.39. The van der Waals surface area contributed by atoms with Gasteiger partial charge in [-0.3, -0.25) is 14.2 Å². The lowest BCUT2D eigenvalue weighted by Gasteiger charge is -2.30. The molecule has 1 amide bonds. The first-order chi connectivity index (χ1) is 35.4. The summed E-state index contributed by atoms with van der Waals surface area (Å²) in [5, 5.41) is 3.01. The van der Waals surface area contributed by atoms with Crippen molar-refractivity contribution in [2.24, 2.45) is 0 Å². The normalized spacial score (nSPS) is 14.3. The Kier molecular flexibility index (Phi) is 50.6. The summed E-state index contributed by atoms with van der Waals surface area (Å²) in [6, 6.07) is -0.909. The fraction of sp³-hybridized carbons (Fsp3) is 0.746. The Morgan fingerprint density at radius 1 is 0.493 bits per heavy atom. The number of rotatable bonds is 53. The van der Waals surface area contributed by atoms with Gasteiger partial charge in [-0.2, -0.15) is 0 Å². The van der Waals surface area contributed by atoms with Crippen molar-refractivity contribution in [3.63, 3.8) is 0 Å². The highest BCUT2D eigenvalue weighted by Crippen LogP contribution is 2.38. The number of esters is 1. The number of likely N-dealkylation sites (N-methyl/N-ethyl adjacent to an activating group) is 1. The second-order valence-corrected chi connectivity index (χ2v) is 22.5. The van der Waals surface area contributed by atoms with Crippen LogP contribution in [0.15, 0.2) is 85.1 Å². The van der Waals surface area contributed by atoms with Crippen molar-refractivity contribution in [1.29, 1.82) is 0 Å². The fourth-order valence-electron chi connectivity index (χ4n) is 8.19.